The van der Waals surface area contributed by atoms with Crippen molar-refractivity contribution in [1.29, 1.82) is 0 Å². The number of hydrogen-bond donors (Lipinski definition) is 3. The minimum Gasteiger partial charge on any atom is -0.491 e. The Bertz CT molecular complexity index is 588. The molecule has 0 bridgehead atoms. The van der Waals surface area contributed by atoms with E-state index in [2.05, 4.69) is 5.32 Å². The zero-order valence-corrected chi connectivity index (χ0v) is 12.8. The number of aliphatic carboxylic acids is 1. The van der Waals surface area contributed by atoms with Crippen LogP contribution in [0, 0.1) is 0 Å². The van der Waals surface area contributed by atoms with Gasteiger partial charge in [0.1, 0.15) is 24.5 Å². The number of aliphatic hydroxyl groups excluding tert-OH is 1. The second-order valence-corrected chi connectivity index (χ2v) is 5.27. The highest BCUT2D eigenvalue weighted by molar-refractivity contribution is 5.73. The SMILES string of the molecule is O=C(O)[C@@H](Cc1ccccc1)NC[C@H](O)COc1ccccc1. The second-order valence-electron chi connectivity index (χ2n) is 5.27. The van der Waals surface area contributed by atoms with E-state index in [4.69, 9.17) is 4.74 Å². The predicted octanol–water partition coefficient (Wildman–Crippen LogP) is 1.71. The Morgan fingerprint density at radius 1 is 1.04 bits per heavy atom. The normalized spacial score (nSPS) is 13.3. The van der Waals surface area contributed by atoms with Gasteiger partial charge in [0.15, 0.2) is 0 Å². The summed E-state index contributed by atoms with van der Waals surface area (Å²) in [6, 6.07) is 17.8. The number of nitrogens with one attached hydrogen (secondary N) is 1. The molecule has 0 heterocycles. The molecule has 0 fully saturated rings. The van der Waals surface area contributed by atoms with Crippen LogP contribution in [0.4, 0.5) is 0 Å². The van der Waals surface area contributed by atoms with E-state index < -0.39 is 18.1 Å². The number of hydrogen-bond acceptors (Lipinski definition) is 4. The Labute approximate surface area is 135 Å². The third-order valence-corrected chi connectivity index (χ3v) is 3.37. The molecule has 0 saturated carbocycles. The van der Waals surface area contributed by atoms with E-state index in [1.54, 1.807) is 12.1 Å². The number of para-hydroxylation sites is 1. The molecule has 0 aliphatic heterocycles. The highest BCUT2D eigenvalue weighted by Gasteiger charge is 2.18. The molecule has 2 atom stereocenters. The number of carboxylic acids is 1. The Balaban J connectivity index is 1.78. The highest BCUT2D eigenvalue weighted by atomic mass is 16.5. The van der Waals surface area contributed by atoms with E-state index in [1.807, 2.05) is 48.5 Å². The quantitative estimate of drug-likeness (QED) is 0.656. The summed E-state index contributed by atoms with van der Waals surface area (Å²) in [5.41, 5.74) is 0.933. The first-order valence-corrected chi connectivity index (χ1v) is 7.51. The maximum Gasteiger partial charge on any atom is 0.321 e. The number of ether oxygens (including phenoxy) is 1. The van der Waals surface area contributed by atoms with Crippen molar-refractivity contribution >= 4 is 5.97 Å². The topological polar surface area (TPSA) is 78.8 Å². The van der Waals surface area contributed by atoms with Crippen LogP contribution in [0.5, 0.6) is 5.75 Å². The average Bonchev–Trinajstić information content (AvgIpc) is 2.58. The first kappa shape index (κ1) is 17.0. The van der Waals surface area contributed by atoms with Gasteiger partial charge < -0.3 is 20.3 Å². The van der Waals surface area contributed by atoms with Crippen molar-refractivity contribution in [3.05, 3.63) is 66.2 Å². The number of rotatable bonds is 9. The molecule has 2 rings (SSSR count). The zero-order chi connectivity index (χ0) is 16.5. The minimum atomic E-state index is -0.940. The molecule has 5 heteroatoms. The summed E-state index contributed by atoms with van der Waals surface area (Å²) in [6.07, 6.45) is -0.421. The van der Waals surface area contributed by atoms with Crippen molar-refractivity contribution in [3.63, 3.8) is 0 Å². The molecule has 0 amide bonds. The molecule has 2 aromatic carbocycles. The van der Waals surface area contributed by atoms with Crippen LogP contribution in [0.3, 0.4) is 0 Å². The second kappa shape index (κ2) is 8.92. The van der Waals surface area contributed by atoms with Gasteiger partial charge in [-0.1, -0.05) is 48.5 Å². The van der Waals surface area contributed by atoms with Gasteiger partial charge in [0, 0.05) is 6.54 Å². The van der Waals surface area contributed by atoms with E-state index in [1.165, 1.54) is 0 Å². The van der Waals surface area contributed by atoms with Gasteiger partial charge >= 0.3 is 5.97 Å². The summed E-state index contributed by atoms with van der Waals surface area (Å²) in [4.78, 5) is 11.3. The van der Waals surface area contributed by atoms with Crippen molar-refractivity contribution in [2.24, 2.45) is 0 Å². The van der Waals surface area contributed by atoms with Crippen molar-refractivity contribution in [2.75, 3.05) is 13.2 Å². The maximum absolute atomic E-state index is 11.3. The van der Waals surface area contributed by atoms with Crippen LogP contribution < -0.4 is 10.1 Å². The first-order valence-electron chi connectivity index (χ1n) is 7.51. The molecule has 0 spiro atoms. The lowest BCUT2D eigenvalue weighted by atomic mass is 10.1. The Morgan fingerprint density at radius 2 is 1.65 bits per heavy atom. The molecule has 0 saturated heterocycles. The minimum absolute atomic E-state index is 0.106. The fourth-order valence-electron chi connectivity index (χ4n) is 2.14. The number of benzene rings is 2. The van der Waals surface area contributed by atoms with Crippen LogP contribution in [0.1, 0.15) is 5.56 Å². The molecular weight excluding hydrogens is 294 g/mol. The third kappa shape index (κ3) is 6.10. The van der Waals surface area contributed by atoms with Gasteiger partial charge in [-0.3, -0.25) is 4.79 Å². The fraction of sp³-hybridized carbons (Fsp3) is 0.278. The molecule has 122 valence electrons. The lowest BCUT2D eigenvalue weighted by Crippen LogP contribution is -2.43. The van der Waals surface area contributed by atoms with Gasteiger partial charge in [0.25, 0.3) is 0 Å². The summed E-state index contributed by atoms with van der Waals surface area (Å²) < 4.78 is 5.44. The fourth-order valence-corrected chi connectivity index (χ4v) is 2.14. The van der Waals surface area contributed by atoms with Gasteiger partial charge in [-0.2, -0.15) is 0 Å². The van der Waals surface area contributed by atoms with Crippen molar-refractivity contribution in [2.45, 2.75) is 18.6 Å². The molecule has 2 aromatic rings. The third-order valence-electron chi connectivity index (χ3n) is 3.37. The lowest BCUT2D eigenvalue weighted by molar-refractivity contribution is -0.139. The average molecular weight is 315 g/mol. The van der Waals surface area contributed by atoms with Crippen molar-refractivity contribution in [3.8, 4) is 5.75 Å². The maximum atomic E-state index is 11.3. The molecule has 23 heavy (non-hydrogen) atoms. The zero-order valence-electron chi connectivity index (χ0n) is 12.8. The molecule has 0 radical (unpaired) electrons. The van der Waals surface area contributed by atoms with E-state index in [9.17, 15) is 15.0 Å². The predicted molar refractivity (Wildman–Crippen MR) is 87.5 cm³/mol. The van der Waals surface area contributed by atoms with Crippen LogP contribution >= 0.6 is 0 Å². The molecule has 0 aliphatic rings. The van der Waals surface area contributed by atoms with Crippen molar-refractivity contribution < 1.29 is 19.7 Å². The Morgan fingerprint density at radius 3 is 2.26 bits per heavy atom. The number of aliphatic hydroxyl groups is 1. The largest absolute Gasteiger partial charge is 0.491 e. The number of carbonyl (C=O) groups is 1. The summed E-state index contributed by atoms with van der Waals surface area (Å²) in [5, 5.41) is 22.1. The van der Waals surface area contributed by atoms with E-state index >= 15 is 0 Å². The van der Waals surface area contributed by atoms with E-state index in [0.29, 0.717) is 12.2 Å². The van der Waals surface area contributed by atoms with Crippen molar-refractivity contribution in [1.82, 2.24) is 5.32 Å². The summed E-state index contributed by atoms with van der Waals surface area (Å²) >= 11 is 0. The molecule has 3 N–H and O–H groups in total. The smallest absolute Gasteiger partial charge is 0.321 e. The van der Waals surface area contributed by atoms with Crippen LogP contribution in [-0.2, 0) is 11.2 Å². The Hall–Kier alpha value is -2.37. The molecule has 0 aliphatic carbocycles. The molecular formula is C18H21NO4. The monoisotopic (exact) mass is 315 g/mol. The van der Waals surface area contributed by atoms with Crippen LogP contribution in [0.15, 0.2) is 60.7 Å². The standard InChI is InChI=1S/C18H21NO4/c20-15(13-23-16-9-5-2-6-10-16)12-19-17(18(21)22)11-14-7-3-1-4-8-14/h1-10,15,17,19-20H,11-13H2,(H,21,22)/t15-,17+/m0/s1. The lowest BCUT2D eigenvalue weighted by Gasteiger charge is -2.18. The summed E-state index contributed by atoms with van der Waals surface area (Å²) in [5.74, 6) is -0.268. The first-order chi connectivity index (χ1) is 11.1. The highest BCUT2D eigenvalue weighted by Crippen LogP contribution is 2.08. The van der Waals surface area contributed by atoms with Crippen LogP contribution in [0.2, 0.25) is 0 Å². The Kier molecular flexibility index (Phi) is 6.59. The van der Waals surface area contributed by atoms with Gasteiger partial charge in [0.2, 0.25) is 0 Å². The van der Waals surface area contributed by atoms with Gasteiger partial charge in [-0.15, -0.1) is 0 Å². The summed E-state index contributed by atoms with van der Waals surface area (Å²) in [6.45, 7) is 0.255. The molecule has 0 aromatic heterocycles. The van der Waals surface area contributed by atoms with Crippen LogP contribution in [-0.4, -0.2) is 41.5 Å². The van der Waals surface area contributed by atoms with Crippen LogP contribution in [0.25, 0.3) is 0 Å². The van der Waals surface area contributed by atoms with E-state index in [0.717, 1.165) is 5.56 Å². The number of carboxylic acid groups (broad SMARTS) is 1. The van der Waals surface area contributed by atoms with Gasteiger partial charge in [0.05, 0.1) is 0 Å². The molecule has 0 unspecified atom stereocenters. The van der Waals surface area contributed by atoms with Gasteiger partial charge in [-0.25, -0.2) is 0 Å². The summed E-state index contributed by atoms with van der Waals surface area (Å²) in [7, 11) is 0. The molecule has 5 nitrogen and oxygen atoms in total. The van der Waals surface area contributed by atoms with Gasteiger partial charge in [-0.05, 0) is 24.1 Å². The van der Waals surface area contributed by atoms with E-state index in [-0.39, 0.29) is 13.2 Å².